The van der Waals surface area contributed by atoms with E-state index in [1.54, 1.807) is 6.07 Å². The number of hydrogen-bond donors (Lipinski definition) is 0. The van der Waals surface area contributed by atoms with Gasteiger partial charge in [0.15, 0.2) is 5.78 Å². The summed E-state index contributed by atoms with van der Waals surface area (Å²) in [6.07, 6.45) is 0. The average molecular weight is 262 g/mol. The van der Waals surface area contributed by atoms with E-state index < -0.39 is 0 Å². The molecule has 0 aliphatic carbocycles. The third kappa shape index (κ3) is 2.18. The van der Waals surface area contributed by atoms with Crippen LogP contribution in [0.1, 0.15) is 27.3 Å². The van der Waals surface area contributed by atoms with Crippen molar-refractivity contribution in [2.75, 3.05) is 0 Å². The summed E-state index contributed by atoms with van der Waals surface area (Å²) >= 11 is 0. The van der Waals surface area contributed by atoms with E-state index in [0.29, 0.717) is 11.1 Å². The summed E-state index contributed by atoms with van der Waals surface area (Å²) in [5, 5.41) is 0. The molecule has 0 aliphatic rings. The largest absolute Gasteiger partial charge is 0.289 e. The van der Waals surface area contributed by atoms with Crippen LogP contribution in [0.4, 0.5) is 0 Å². The molecule has 0 bridgehead atoms. The zero-order valence-corrected chi connectivity index (χ0v) is 11.4. The van der Waals surface area contributed by atoms with E-state index in [-0.39, 0.29) is 5.78 Å². The lowest BCUT2D eigenvalue weighted by molar-refractivity contribution is 0.103. The van der Waals surface area contributed by atoms with Gasteiger partial charge in [-0.3, -0.25) is 4.79 Å². The van der Waals surface area contributed by atoms with Crippen molar-refractivity contribution in [2.45, 2.75) is 13.8 Å². The normalized spacial score (nSPS) is 10.7. The molecule has 98 valence electrons. The fraction of sp³-hybridized carbons (Fsp3) is 0.118. The summed E-state index contributed by atoms with van der Waals surface area (Å²) in [6, 6.07) is 14.7. The van der Waals surface area contributed by atoms with E-state index >= 15 is 0 Å². The number of fused-ring (bicyclic) bond motifs is 1. The maximum atomic E-state index is 12.4. The van der Waals surface area contributed by atoms with Gasteiger partial charge in [-0.25, -0.2) is 9.97 Å². The highest BCUT2D eigenvalue weighted by atomic mass is 16.1. The lowest BCUT2D eigenvalue weighted by Crippen LogP contribution is -2.02. The van der Waals surface area contributed by atoms with Gasteiger partial charge < -0.3 is 0 Å². The van der Waals surface area contributed by atoms with Crippen molar-refractivity contribution in [3.8, 4) is 0 Å². The van der Waals surface area contributed by atoms with Gasteiger partial charge in [-0.15, -0.1) is 0 Å². The number of aromatic nitrogens is 2. The molecule has 0 amide bonds. The predicted octanol–water partition coefficient (Wildman–Crippen LogP) is 3.48. The number of ketones is 1. The second-order valence-electron chi connectivity index (χ2n) is 4.79. The van der Waals surface area contributed by atoms with Crippen LogP contribution in [0.3, 0.4) is 0 Å². The predicted molar refractivity (Wildman–Crippen MR) is 78.9 cm³/mol. The van der Waals surface area contributed by atoms with Crippen LogP contribution in [0.25, 0.3) is 11.0 Å². The third-order valence-corrected chi connectivity index (χ3v) is 3.37. The summed E-state index contributed by atoms with van der Waals surface area (Å²) in [5.74, 6) is 0.00697. The zero-order chi connectivity index (χ0) is 14.1. The van der Waals surface area contributed by atoms with Crippen molar-refractivity contribution in [3.05, 3.63) is 71.0 Å². The van der Waals surface area contributed by atoms with E-state index in [2.05, 4.69) is 9.97 Å². The minimum absolute atomic E-state index is 0.00697. The molecule has 1 aromatic heterocycles. The Hall–Kier alpha value is -2.55. The Labute approximate surface area is 117 Å². The fourth-order valence-corrected chi connectivity index (χ4v) is 2.13. The summed E-state index contributed by atoms with van der Waals surface area (Å²) in [6.45, 7) is 3.86. The highest BCUT2D eigenvalue weighted by Crippen LogP contribution is 2.17. The molecule has 0 unspecified atom stereocenters. The quantitative estimate of drug-likeness (QED) is 0.664. The highest BCUT2D eigenvalue weighted by molar-refractivity contribution is 6.10. The van der Waals surface area contributed by atoms with E-state index in [0.717, 1.165) is 22.4 Å². The standard InChI is InChI=1S/C17H14N2O/c1-11-12(2)19-16-10-14(8-9-15(16)18-11)17(20)13-6-4-3-5-7-13/h3-10H,1-2H3. The van der Waals surface area contributed by atoms with E-state index in [1.807, 2.05) is 56.3 Å². The Morgan fingerprint density at radius 2 is 1.45 bits per heavy atom. The minimum Gasteiger partial charge on any atom is -0.289 e. The topological polar surface area (TPSA) is 42.9 Å². The zero-order valence-electron chi connectivity index (χ0n) is 11.4. The smallest absolute Gasteiger partial charge is 0.193 e. The van der Waals surface area contributed by atoms with Crippen LogP contribution in [-0.4, -0.2) is 15.8 Å². The van der Waals surface area contributed by atoms with Crippen molar-refractivity contribution in [1.29, 1.82) is 0 Å². The monoisotopic (exact) mass is 262 g/mol. The van der Waals surface area contributed by atoms with Gasteiger partial charge in [0.2, 0.25) is 0 Å². The van der Waals surface area contributed by atoms with Crippen LogP contribution in [0, 0.1) is 13.8 Å². The van der Waals surface area contributed by atoms with Crippen LogP contribution in [0.2, 0.25) is 0 Å². The van der Waals surface area contributed by atoms with Crippen LogP contribution < -0.4 is 0 Å². The van der Waals surface area contributed by atoms with Gasteiger partial charge in [0.1, 0.15) is 0 Å². The molecule has 1 heterocycles. The third-order valence-electron chi connectivity index (χ3n) is 3.37. The first kappa shape index (κ1) is 12.5. The summed E-state index contributed by atoms with van der Waals surface area (Å²) in [5.41, 5.74) is 4.71. The van der Waals surface area contributed by atoms with Gasteiger partial charge in [-0.1, -0.05) is 30.3 Å². The Balaban J connectivity index is 2.09. The summed E-state index contributed by atoms with van der Waals surface area (Å²) in [4.78, 5) is 21.4. The van der Waals surface area contributed by atoms with Crippen LogP contribution in [-0.2, 0) is 0 Å². The molecular weight excluding hydrogens is 248 g/mol. The maximum Gasteiger partial charge on any atom is 0.193 e. The van der Waals surface area contributed by atoms with Crippen molar-refractivity contribution in [1.82, 2.24) is 9.97 Å². The first-order valence-electron chi connectivity index (χ1n) is 6.50. The molecule has 0 fully saturated rings. The molecular formula is C17H14N2O. The van der Waals surface area contributed by atoms with Crippen molar-refractivity contribution < 1.29 is 4.79 Å². The Bertz CT molecular complexity index is 795. The van der Waals surface area contributed by atoms with Gasteiger partial charge >= 0.3 is 0 Å². The molecule has 20 heavy (non-hydrogen) atoms. The van der Waals surface area contributed by atoms with Gasteiger partial charge in [0, 0.05) is 11.1 Å². The van der Waals surface area contributed by atoms with E-state index in [9.17, 15) is 4.79 Å². The first-order valence-corrected chi connectivity index (χ1v) is 6.50. The number of benzene rings is 2. The lowest BCUT2D eigenvalue weighted by atomic mass is 10.0. The number of nitrogens with zero attached hydrogens (tertiary/aromatic N) is 2. The SMILES string of the molecule is Cc1nc2ccc(C(=O)c3ccccc3)cc2nc1C. The molecule has 3 aromatic rings. The molecule has 3 heteroatoms. The van der Waals surface area contributed by atoms with Crippen molar-refractivity contribution in [2.24, 2.45) is 0 Å². The van der Waals surface area contributed by atoms with Gasteiger partial charge in [0.25, 0.3) is 0 Å². The van der Waals surface area contributed by atoms with Crippen molar-refractivity contribution >= 4 is 16.8 Å². The second kappa shape index (κ2) is 4.85. The molecule has 3 rings (SSSR count). The molecule has 0 atom stereocenters. The maximum absolute atomic E-state index is 12.4. The molecule has 2 aromatic carbocycles. The number of hydrogen-bond acceptors (Lipinski definition) is 3. The van der Waals surface area contributed by atoms with E-state index in [4.69, 9.17) is 0 Å². The number of carbonyl (C=O) groups is 1. The fourth-order valence-electron chi connectivity index (χ4n) is 2.13. The highest BCUT2D eigenvalue weighted by Gasteiger charge is 2.10. The Kier molecular flexibility index (Phi) is 3.03. The Morgan fingerprint density at radius 3 is 2.15 bits per heavy atom. The molecule has 0 N–H and O–H groups in total. The van der Waals surface area contributed by atoms with Gasteiger partial charge in [-0.05, 0) is 32.0 Å². The van der Waals surface area contributed by atoms with Crippen LogP contribution >= 0.6 is 0 Å². The molecule has 0 saturated carbocycles. The van der Waals surface area contributed by atoms with E-state index in [1.165, 1.54) is 0 Å². The molecule has 0 spiro atoms. The average Bonchev–Trinajstić information content (AvgIpc) is 2.48. The molecule has 0 saturated heterocycles. The molecule has 3 nitrogen and oxygen atoms in total. The van der Waals surface area contributed by atoms with Crippen LogP contribution in [0.5, 0.6) is 0 Å². The van der Waals surface area contributed by atoms with Gasteiger partial charge in [0.05, 0.1) is 22.4 Å². The van der Waals surface area contributed by atoms with Crippen molar-refractivity contribution in [3.63, 3.8) is 0 Å². The number of carbonyl (C=O) groups excluding carboxylic acids is 1. The number of rotatable bonds is 2. The first-order chi connectivity index (χ1) is 9.65. The number of aryl methyl sites for hydroxylation is 2. The summed E-state index contributed by atoms with van der Waals surface area (Å²) < 4.78 is 0. The second-order valence-corrected chi connectivity index (χ2v) is 4.79. The summed E-state index contributed by atoms with van der Waals surface area (Å²) in [7, 11) is 0. The Morgan fingerprint density at radius 1 is 0.800 bits per heavy atom. The molecule has 0 radical (unpaired) electrons. The minimum atomic E-state index is 0.00697. The van der Waals surface area contributed by atoms with Gasteiger partial charge in [-0.2, -0.15) is 0 Å². The molecule has 0 aliphatic heterocycles. The van der Waals surface area contributed by atoms with Crippen LogP contribution in [0.15, 0.2) is 48.5 Å². The lowest BCUT2D eigenvalue weighted by Gasteiger charge is -2.05.